The molecule has 0 saturated carbocycles. The molecule has 2 heterocycles. The zero-order valence-corrected chi connectivity index (χ0v) is 17.3. The molecule has 1 saturated heterocycles. The van der Waals surface area contributed by atoms with Gasteiger partial charge in [-0.2, -0.15) is 0 Å². The zero-order valence-electron chi connectivity index (χ0n) is 17.3. The molecule has 2 aliphatic rings. The number of hydrazine groups is 1. The van der Waals surface area contributed by atoms with E-state index >= 15 is 0 Å². The average molecular weight is 380 g/mol. The fraction of sp³-hybridized carbons (Fsp3) is 0.391. The predicted molar refractivity (Wildman–Crippen MR) is 118 cm³/mol. The van der Waals surface area contributed by atoms with Crippen LogP contribution in [0.1, 0.15) is 25.0 Å². The predicted octanol–water partition coefficient (Wildman–Crippen LogP) is 2.62. The summed E-state index contributed by atoms with van der Waals surface area (Å²) in [6, 6.07) is 8.78. The largest absolute Gasteiger partial charge is 0.405 e. The minimum absolute atomic E-state index is 0.339. The van der Waals surface area contributed by atoms with Crippen molar-refractivity contribution in [3.63, 3.8) is 0 Å². The van der Waals surface area contributed by atoms with Crippen LogP contribution in [0.25, 0.3) is 5.70 Å². The van der Waals surface area contributed by atoms with E-state index in [1.54, 1.807) is 6.20 Å². The SMILES string of the molecule is C=C/C=C(\C=C/N)C1=C(c2ccc(CC)cc2)NNC1(C)N1CCN(C)CC1. The van der Waals surface area contributed by atoms with Crippen molar-refractivity contribution in [1.82, 2.24) is 20.7 Å². The van der Waals surface area contributed by atoms with E-state index in [4.69, 9.17) is 5.73 Å². The third-order valence-electron chi connectivity index (χ3n) is 5.82. The highest BCUT2D eigenvalue weighted by atomic mass is 15.5. The quantitative estimate of drug-likeness (QED) is 0.664. The van der Waals surface area contributed by atoms with Crippen LogP contribution < -0.4 is 16.6 Å². The minimum Gasteiger partial charge on any atom is -0.405 e. The van der Waals surface area contributed by atoms with Crippen LogP contribution >= 0.6 is 0 Å². The lowest BCUT2D eigenvalue weighted by atomic mass is 9.89. The van der Waals surface area contributed by atoms with Gasteiger partial charge in [-0.25, -0.2) is 5.43 Å². The first-order valence-electron chi connectivity index (χ1n) is 10.1. The molecular formula is C23H33N5. The molecule has 150 valence electrons. The molecule has 0 bridgehead atoms. The molecule has 1 unspecified atom stereocenters. The molecule has 28 heavy (non-hydrogen) atoms. The lowest BCUT2D eigenvalue weighted by Gasteiger charge is -2.44. The fourth-order valence-electron chi connectivity index (χ4n) is 4.05. The first-order valence-corrected chi connectivity index (χ1v) is 10.1. The number of aryl methyl sites for hydroxylation is 1. The van der Waals surface area contributed by atoms with Gasteiger partial charge in [-0.1, -0.05) is 49.9 Å². The van der Waals surface area contributed by atoms with Gasteiger partial charge >= 0.3 is 0 Å². The van der Waals surface area contributed by atoms with Crippen LogP contribution in [-0.2, 0) is 6.42 Å². The molecule has 5 heteroatoms. The molecule has 0 aromatic heterocycles. The van der Waals surface area contributed by atoms with Crippen LogP contribution in [0.2, 0.25) is 0 Å². The van der Waals surface area contributed by atoms with Crippen molar-refractivity contribution in [2.45, 2.75) is 25.9 Å². The molecule has 4 N–H and O–H groups in total. The summed E-state index contributed by atoms with van der Waals surface area (Å²) in [7, 11) is 2.18. The van der Waals surface area contributed by atoms with Gasteiger partial charge in [-0.05, 0) is 49.4 Å². The van der Waals surface area contributed by atoms with Crippen LogP contribution in [0.15, 0.2) is 66.4 Å². The number of nitrogens with one attached hydrogen (secondary N) is 2. The molecule has 1 fully saturated rings. The van der Waals surface area contributed by atoms with Crippen molar-refractivity contribution < 1.29 is 0 Å². The molecule has 0 aliphatic carbocycles. The molecule has 1 aromatic rings. The Hall–Kier alpha value is -2.34. The van der Waals surface area contributed by atoms with Gasteiger partial charge in [0.1, 0.15) is 5.66 Å². The molecule has 0 spiro atoms. The van der Waals surface area contributed by atoms with E-state index < -0.39 is 0 Å². The maximum atomic E-state index is 5.80. The van der Waals surface area contributed by atoms with Crippen molar-refractivity contribution in [2.24, 2.45) is 5.73 Å². The Morgan fingerprint density at radius 2 is 1.89 bits per heavy atom. The van der Waals surface area contributed by atoms with E-state index in [2.05, 4.69) is 72.4 Å². The topological polar surface area (TPSA) is 56.6 Å². The molecule has 1 aromatic carbocycles. The molecule has 1 atom stereocenters. The number of hydrogen-bond donors (Lipinski definition) is 3. The van der Waals surface area contributed by atoms with Crippen LogP contribution in [-0.4, -0.2) is 48.7 Å². The monoisotopic (exact) mass is 379 g/mol. The number of nitrogens with zero attached hydrogens (tertiary/aromatic N) is 2. The van der Waals surface area contributed by atoms with E-state index in [0.29, 0.717) is 0 Å². The van der Waals surface area contributed by atoms with Gasteiger partial charge in [0.2, 0.25) is 0 Å². The third-order valence-corrected chi connectivity index (χ3v) is 5.82. The highest BCUT2D eigenvalue weighted by Gasteiger charge is 2.43. The first kappa shape index (κ1) is 20.4. The summed E-state index contributed by atoms with van der Waals surface area (Å²) >= 11 is 0. The van der Waals surface area contributed by atoms with Crippen molar-refractivity contribution in [3.05, 3.63) is 77.5 Å². The van der Waals surface area contributed by atoms with E-state index in [1.165, 1.54) is 11.1 Å². The summed E-state index contributed by atoms with van der Waals surface area (Å²) < 4.78 is 0. The number of piperazine rings is 1. The van der Waals surface area contributed by atoms with Crippen molar-refractivity contribution in [3.8, 4) is 0 Å². The number of nitrogens with two attached hydrogens (primary N) is 1. The standard InChI is InChI=1S/C23H33N5/c1-5-7-19(12-13-24)21-22(20-10-8-18(6-2)9-11-20)25-26-23(21,3)28-16-14-27(4)15-17-28/h5,7-13,25-26H,1,6,14-17,24H2,2-4H3/b13-12-,19-7+. The van der Waals surface area contributed by atoms with Crippen LogP contribution in [0.5, 0.6) is 0 Å². The Morgan fingerprint density at radius 3 is 2.46 bits per heavy atom. The lowest BCUT2D eigenvalue weighted by Crippen LogP contribution is -2.62. The van der Waals surface area contributed by atoms with Crippen molar-refractivity contribution >= 4 is 5.70 Å². The molecule has 0 radical (unpaired) electrons. The molecule has 3 rings (SSSR count). The maximum Gasteiger partial charge on any atom is 0.114 e. The summed E-state index contributed by atoms with van der Waals surface area (Å²) in [5, 5.41) is 0. The van der Waals surface area contributed by atoms with Gasteiger partial charge in [0.15, 0.2) is 0 Å². The number of rotatable bonds is 6. The van der Waals surface area contributed by atoms with Gasteiger partial charge in [-0.15, -0.1) is 0 Å². The van der Waals surface area contributed by atoms with E-state index in [9.17, 15) is 0 Å². The van der Waals surface area contributed by atoms with Crippen LogP contribution in [0, 0.1) is 0 Å². The van der Waals surface area contributed by atoms with Crippen molar-refractivity contribution in [1.29, 1.82) is 0 Å². The number of allylic oxidation sites excluding steroid dienone is 3. The second-order valence-corrected chi connectivity index (χ2v) is 7.63. The summed E-state index contributed by atoms with van der Waals surface area (Å²) in [6.07, 6.45) is 8.45. The molecule has 0 amide bonds. The summed E-state index contributed by atoms with van der Waals surface area (Å²) in [6.45, 7) is 12.4. The van der Waals surface area contributed by atoms with Gasteiger partial charge in [0.25, 0.3) is 0 Å². The number of hydrogen-bond acceptors (Lipinski definition) is 5. The maximum absolute atomic E-state index is 5.80. The molecule has 2 aliphatic heterocycles. The Labute approximate surface area is 169 Å². The highest BCUT2D eigenvalue weighted by Crippen LogP contribution is 2.38. The van der Waals surface area contributed by atoms with Crippen molar-refractivity contribution in [2.75, 3.05) is 33.2 Å². The van der Waals surface area contributed by atoms with Crippen LogP contribution in [0.4, 0.5) is 0 Å². The van der Waals surface area contributed by atoms with Gasteiger partial charge < -0.3 is 16.1 Å². The van der Waals surface area contributed by atoms with Gasteiger partial charge in [0, 0.05) is 31.8 Å². The summed E-state index contributed by atoms with van der Waals surface area (Å²) in [5.74, 6) is 0. The Morgan fingerprint density at radius 1 is 1.21 bits per heavy atom. The average Bonchev–Trinajstić information content (AvgIpc) is 3.06. The van der Waals surface area contributed by atoms with Gasteiger partial charge in [0.05, 0.1) is 5.70 Å². The second kappa shape index (κ2) is 8.78. The number of benzene rings is 1. The molecular weight excluding hydrogens is 346 g/mol. The normalized spacial score (nSPS) is 24.8. The Balaban J connectivity index is 2.11. The fourth-order valence-corrected chi connectivity index (χ4v) is 4.05. The summed E-state index contributed by atoms with van der Waals surface area (Å²) in [5.41, 5.74) is 18.4. The lowest BCUT2D eigenvalue weighted by molar-refractivity contribution is 0.0546. The van der Waals surface area contributed by atoms with Gasteiger partial charge in [-0.3, -0.25) is 4.90 Å². The zero-order chi connectivity index (χ0) is 20.1. The van der Waals surface area contributed by atoms with E-state index in [-0.39, 0.29) is 5.66 Å². The highest BCUT2D eigenvalue weighted by molar-refractivity contribution is 5.77. The second-order valence-electron chi connectivity index (χ2n) is 7.63. The Kier molecular flexibility index (Phi) is 6.39. The third kappa shape index (κ3) is 3.92. The first-order chi connectivity index (χ1) is 13.5. The Bertz CT molecular complexity index is 782. The van der Waals surface area contributed by atoms with Crippen LogP contribution in [0.3, 0.4) is 0 Å². The number of likely N-dealkylation sites (N-methyl/N-ethyl adjacent to an activating group) is 1. The molecule has 5 nitrogen and oxygen atoms in total. The minimum atomic E-state index is -0.339. The van der Waals surface area contributed by atoms with E-state index in [1.807, 2.05) is 18.2 Å². The summed E-state index contributed by atoms with van der Waals surface area (Å²) in [4.78, 5) is 4.88. The van der Waals surface area contributed by atoms with E-state index in [0.717, 1.165) is 49.4 Å². The smallest absolute Gasteiger partial charge is 0.114 e.